The number of hydrogen-bond acceptors (Lipinski definition) is 6. The van der Waals surface area contributed by atoms with Crippen molar-refractivity contribution in [1.82, 2.24) is 15.5 Å². The molecule has 1 atom stereocenters. The molecule has 2 aliphatic heterocycles. The number of amides is 1. The van der Waals surface area contributed by atoms with Gasteiger partial charge in [-0.3, -0.25) is 10.2 Å². The van der Waals surface area contributed by atoms with Crippen LogP contribution in [0.2, 0.25) is 0 Å². The van der Waals surface area contributed by atoms with E-state index in [1.165, 1.54) is 19.1 Å². The van der Waals surface area contributed by atoms with Crippen molar-refractivity contribution in [3.05, 3.63) is 47.0 Å². The van der Waals surface area contributed by atoms with Gasteiger partial charge in [0.2, 0.25) is 5.91 Å². The van der Waals surface area contributed by atoms with Crippen molar-refractivity contribution in [1.29, 1.82) is 10.8 Å². The van der Waals surface area contributed by atoms with Crippen molar-refractivity contribution < 1.29 is 13.9 Å². The fourth-order valence-electron chi connectivity index (χ4n) is 3.73. The van der Waals surface area contributed by atoms with E-state index in [2.05, 4.69) is 16.0 Å². The molecule has 5 N–H and O–H groups in total. The predicted octanol–water partition coefficient (Wildman–Crippen LogP) is 2.31. The average molecular weight is 429 g/mol. The number of anilines is 1. The van der Waals surface area contributed by atoms with Crippen molar-refractivity contribution in [2.45, 2.75) is 25.8 Å². The molecule has 8 nitrogen and oxygen atoms in total. The summed E-state index contributed by atoms with van der Waals surface area (Å²) in [6, 6.07) is 4.52. The summed E-state index contributed by atoms with van der Waals surface area (Å²) in [4.78, 5) is 13.6. The van der Waals surface area contributed by atoms with Crippen molar-refractivity contribution in [2.75, 3.05) is 38.7 Å². The minimum atomic E-state index is -0.471. The molecular weight excluding hydrogens is 399 g/mol. The molecule has 1 unspecified atom stereocenters. The Bertz CT molecular complexity index is 921. The largest absolute Gasteiger partial charge is 0.393 e. The third kappa shape index (κ3) is 5.69. The first-order chi connectivity index (χ1) is 14.9. The van der Waals surface area contributed by atoms with Gasteiger partial charge in [-0.15, -0.1) is 0 Å². The molecule has 1 amide bonds. The third-order valence-corrected chi connectivity index (χ3v) is 5.36. The van der Waals surface area contributed by atoms with Crippen LogP contribution in [0.5, 0.6) is 0 Å². The molecule has 0 aromatic heterocycles. The van der Waals surface area contributed by atoms with Gasteiger partial charge in [0.15, 0.2) is 0 Å². The molecule has 0 spiro atoms. The van der Waals surface area contributed by atoms with Gasteiger partial charge < -0.3 is 31.0 Å². The minimum absolute atomic E-state index is 0.0468. The summed E-state index contributed by atoms with van der Waals surface area (Å²) in [5, 5.41) is 25.5. The first kappa shape index (κ1) is 22.5. The van der Waals surface area contributed by atoms with Crippen LogP contribution in [-0.2, 0) is 9.53 Å². The van der Waals surface area contributed by atoms with E-state index in [0.717, 1.165) is 18.3 Å². The summed E-state index contributed by atoms with van der Waals surface area (Å²) >= 11 is 0. The van der Waals surface area contributed by atoms with Gasteiger partial charge in [0.25, 0.3) is 0 Å². The second-order valence-corrected chi connectivity index (χ2v) is 7.61. The SMILES string of the molecule is CN/C=C(\C=N)c1cc(F)cc(NC(=N)C2=C(NC3CCOC3)CCN(C(C)=O)C2)c1. The first-order valence-electron chi connectivity index (χ1n) is 10.3. The van der Waals surface area contributed by atoms with Crippen molar-refractivity contribution >= 4 is 29.2 Å². The summed E-state index contributed by atoms with van der Waals surface area (Å²) < 4.78 is 19.7. The highest BCUT2D eigenvalue weighted by atomic mass is 19.1. The van der Waals surface area contributed by atoms with Gasteiger partial charge >= 0.3 is 0 Å². The average Bonchev–Trinajstić information content (AvgIpc) is 3.24. The zero-order chi connectivity index (χ0) is 22.4. The Hall–Kier alpha value is -3.20. The van der Waals surface area contributed by atoms with Crippen LogP contribution in [0.3, 0.4) is 0 Å². The number of halogens is 1. The molecule has 0 aliphatic carbocycles. The normalized spacial score (nSPS) is 19.3. The number of rotatable bonds is 7. The number of ether oxygens (including phenoxy) is 1. The smallest absolute Gasteiger partial charge is 0.219 e. The Morgan fingerprint density at radius 3 is 2.81 bits per heavy atom. The van der Waals surface area contributed by atoms with Crippen molar-refractivity contribution in [3.8, 4) is 0 Å². The van der Waals surface area contributed by atoms with Crippen LogP contribution < -0.4 is 16.0 Å². The summed E-state index contributed by atoms with van der Waals surface area (Å²) in [5.74, 6) is -0.409. The zero-order valence-corrected chi connectivity index (χ0v) is 17.8. The lowest BCUT2D eigenvalue weighted by Crippen LogP contribution is -2.42. The predicted molar refractivity (Wildman–Crippen MR) is 120 cm³/mol. The van der Waals surface area contributed by atoms with Gasteiger partial charge in [-0.25, -0.2) is 4.39 Å². The molecule has 0 saturated carbocycles. The molecule has 1 fully saturated rings. The number of amidine groups is 1. The number of nitrogens with one attached hydrogen (secondary N) is 5. The molecule has 1 aromatic rings. The fourth-order valence-corrected chi connectivity index (χ4v) is 3.73. The van der Waals surface area contributed by atoms with Crippen LogP contribution >= 0.6 is 0 Å². The highest BCUT2D eigenvalue weighted by Crippen LogP contribution is 2.23. The summed E-state index contributed by atoms with van der Waals surface area (Å²) in [5.41, 5.74) is 3.03. The highest BCUT2D eigenvalue weighted by Gasteiger charge is 2.26. The molecule has 1 saturated heterocycles. The lowest BCUT2D eigenvalue weighted by atomic mass is 10.0. The number of carbonyl (C=O) groups excluding carboxylic acids is 1. The highest BCUT2D eigenvalue weighted by molar-refractivity contribution is 6.10. The summed E-state index contributed by atoms with van der Waals surface area (Å²) in [7, 11) is 1.71. The Balaban J connectivity index is 1.86. The minimum Gasteiger partial charge on any atom is -0.393 e. The molecule has 2 heterocycles. The first-order valence-corrected chi connectivity index (χ1v) is 10.3. The zero-order valence-electron chi connectivity index (χ0n) is 17.8. The number of hydrogen-bond donors (Lipinski definition) is 5. The van der Waals surface area contributed by atoms with E-state index in [4.69, 9.17) is 15.6 Å². The van der Waals surface area contributed by atoms with Gasteiger partial charge in [0.05, 0.1) is 19.2 Å². The van der Waals surface area contributed by atoms with E-state index in [-0.39, 0.29) is 17.8 Å². The lowest BCUT2D eigenvalue weighted by molar-refractivity contribution is -0.128. The van der Waals surface area contributed by atoms with Gasteiger partial charge in [-0.05, 0) is 30.2 Å². The van der Waals surface area contributed by atoms with E-state index >= 15 is 0 Å². The fraction of sp³-hybridized carbons (Fsp3) is 0.409. The lowest BCUT2D eigenvalue weighted by Gasteiger charge is -2.32. The molecule has 1 aromatic carbocycles. The third-order valence-electron chi connectivity index (χ3n) is 5.36. The maximum Gasteiger partial charge on any atom is 0.219 e. The monoisotopic (exact) mass is 428 g/mol. The topological polar surface area (TPSA) is 113 Å². The van der Waals surface area contributed by atoms with E-state index in [9.17, 15) is 9.18 Å². The van der Waals surface area contributed by atoms with Crippen LogP contribution in [0, 0.1) is 16.6 Å². The van der Waals surface area contributed by atoms with E-state index in [1.807, 2.05) is 0 Å². The standard InChI is InChI=1S/C22H29FN6O2/c1-14(30)29-5-3-21(27-18-4-6-31-13-18)20(12-29)22(25)28-19-8-15(7-17(23)9-19)16(10-24)11-26-2/h7-11,18,24,26-27H,3-6,12-13H2,1-2H3,(H2,25,28)/b16-11+,24-10?. The number of carbonyl (C=O) groups is 1. The van der Waals surface area contributed by atoms with Crippen LogP contribution in [0.1, 0.15) is 25.3 Å². The van der Waals surface area contributed by atoms with E-state index < -0.39 is 5.82 Å². The van der Waals surface area contributed by atoms with Crippen LogP contribution in [-0.4, -0.2) is 62.3 Å². The molecule has 3 rings (SSSR count). The number of nitrogens with zero attached hydrogens (tertiary/aromatic N) is 1. The van der Waals surface area contributed by atoms with Crippen LogP contribution in [0.15, 0.2) is 35.7 Å². The van der Waals surface area contributed by atoms with Gasteiger partial charge in [0, 0.05) is 68.5 Å². The Morgan fingerprint density at radius 2 is 2.16 bits per heavy atom. The van der Waals surface area contributed by atoms with Crippen molar-refractivity contribution in [3.63, 3.8) is 0 Å². The van der Waals surface area contributed by atoms with Gasteiger partial charge in [0.1, 0.15) is 11.7 Å². The Labute approximate surface area is 181 Å². The molecule has 2 aliphatic rings. The maximum atomic E-state index is 14.2. The molecule has 31 heavy (non-hydrogen) atoms. The molecule has 0 radical (unpaired) electrons. The van der Waals surface area contributed by atoms with Crippen LogP contribution in [0.25, 0.3) is 5.57 Å². The quantitative estimate of drug-likeness (QED) is 0.338. The van der Waals surface area contributed by atoms with Gasteiger partial charge in [-0.1, -0.05) is 0 Å². The molecule has 166 valence electrons. The number of benzene rings is 1. The molecule has 0 bridgehead atoms. The van der Waals surface area contributed by atoms with E-state index in [1.54, 1.807) is 24.2 Å². The number of allylic oxidation sites excluding steroid dienone is 1. The summed E-state index contributed by atoms with van der Waals surface area (Å²) in [6.45, 7) is 3.74. The van der Waals surface area contributed by atoms with E-state index in [0.29, 0.717) is 55.1 Å². The van der Waals surface area contributed by atoms with Crippen LogP contribution in [0.4, 0.5) is 10.1 Å². The van der Waals surface area contributed by atoms with Gasteiger partial charge in [-0.2, -0.15) is 0 Å². The molecular formula is C22H29FN6O2. The van der Waals surface area contributed by atoms with Crippen molar-refractivity contribution in [2.24, 2.45) is 0 Å². The second-order valence-electron chi connectivity index (χ2n) is 7.61. The summed E-state index contributed by atoms with van der Waals surface area (Å²) in [6.07, 6.45) is 4.26. The second kappa shape index (κ2) is 10.2. The Kier molecular flexibility index (Phi) is 7.41. The molecule has 9 heteroatoms. The Morgan fingerprint density at radius 1 is 1.35 bits per heavy atom. The maximum absolute atomic E-state index is 14.2.